The highest BCUT2D eigenvalue weighted by atomic mass is 16.4. The molecule has 0 aliphatic rings. The van der Waals surface area contributed by atoms with E-state index < -0.39 is 0 Å². The summed E-state index contributed by atoms with van der Waals surface area (Å²) < 4.78 is 5.22. The zero-order valence-corrected chi connectivity index (χ0v) is 13.0. The number of nitrogens with one attached hydrogen (secondary N) is 1. The summed E-state index contributed by atoms with van der Waals surface area (Å²) in [7, 11) is 1.72. The fourth-order valence-electron chi connectivity index (χ4n) is 1.97. The molecule has 1 aromatic carbocycles. The van der Waals surface area contributed by atoms with Crippen LogP contribution >= 0.6 is 0 Å². The van der Waals surface area contributed by atoms with Crippen molar-refractivity contribution in [3.05, 3.63) is 36.9 Å². The van der Waals surface area contributed by atoms with Gasteiger partial charge in [-0.05, 0) is 18.6 Å². The third kappa shape index (κ3) is 4.18. The number of amides is 1. The first-order chi connectivity index (χ1) is 10.7. The van der Waals surface area contributed by atoms with E-state index in [0.717, 1.165) is 6.42 Å². The Balaban J connectivity index is 0.00000116. The van der Waals surface area contributed by atoms with Crippen LogP contribution in [0, 0.1) is 0 Å². The molecule has 1 aromatic heterocycles. The van der Waals surface area contributed by atoms with Gasteiger partial charge in [0.2, 0.25) is 0 Å². The minimum absolute atomic E-state index is 0.0469. The molecule has 0 saturated carbocycles. The van der Waals surface area contributed by atoms with E-state index in [9.17, 15) is 4.79 Å². The molecule has 0 fully saturated rings. The number of para-hydroxylation sites is 1. The maximum absolute atomic E-state index is 12.3. The number of carbonyl (C=O) groups is 1. The predicted octanol–water partition coefficient (Wildman–Crippen LogP) is 2.81. The fraction of sp³-hybridized carbons (Fsp3) is 0.312. The lowest BCUT2D eigenvalue weighted by Gasteiger charge is -2.14. The smallest absolute Gasteiger partial charge is 0.293 e. The van der Waals surface area contributed by atoms with E-state index in [1.54, 1.807) is 31.5 Å². The third-order valence-electron chi connectivity index (χ3n) is 3.08. The first-order valence-electron chi connectivity index (χ1n) is 7.02. The highest BCUT2D eigenvalue weighted by molar-refractivity contribution is 6.04. The molecule has 1 amide bonds. The highest BCUT2D eigenvalue weighted by Crippen LogP contribution is 2.20. The summed E-state index contributed by atoms with van der Waals surface area (Å²) in [5.74, 6) is -0.180. The Morgan fingerprint density at radius 2 is 2.27 bits per heavy atom. The molecule has 6 nitrogen and oxygen atoms in total. The van der Waals surface area contributed by atoms with Crippen LogP contribution < -0.4 is 11.1 Å². The summed E-state index contributed by atoms with van der Waals surface area (Å²) >= 11 is 0. The normalized spacial score (nSPS) is 11.9. The minimum atomic E-state index is -0.180. The van der Waals surface area contributed by atoms with E-state index in [-0.39, 0.29) is 18.0 Å². The van der Waals surface area contributed by atoms with Gasteiger partial charge in [0.25, 0.3) is 11.9 Å². The van der Waals surface area contributed by atoms with Gasteiger partial charge in [-0.15, -0.1) is 13.2 Å². The molecule has 0 bridgehead atoms. The number of hydrogen-bond donors (Lipinski definition) is 2. The molecule has 3 N–H and O–H groups in total. The van der Waals surface area contributed by atoms with Crippen LogP contribution in [0.15, 0.2) is 40.8 Å². The Labute approximate surface area is 130 Å². The molecule has 0 aliphatic carbocycles. The van der Waals surface area contributed by atoms with E-state index in [1.807, 2.05) is 6.92 Å². The molecule has 6 heteroatoms. The van der Waals surface area contributed by atoms with Gasteiger partial charge >= 0.3 is 0 Å². The van der Waals surface area contributed by atoms with E-state index in [0.29, 0.717) is 23.1 Å². The monoisotopic (exact) mass is 302 g/mol. The maximum atomic E-state index is 12.3. The molecule has 2 aromatic rings. The van der Waals surface area contributed by atoms with E-state index in [4.69, 9.17) is 10.2 Å². The van der Waals surface area contributed by atoms with Gasteiger partial charge in [0.15, 0.2) is 5.58 Å². The Bertz CT molecular complexity index is 649. The molecule has 2 rings (SSSR count). The Hall–Kier alpha value is -2.63. The van der Waals surface area contributed by atoms with Crippen LogP contribution in [0.3, 0.4) is 0 Å². The molecule has 22 heavy (non-hydrogen) atoms. The van der Waals surface area contributed by atoms with E-state index in [2.05, 4.69) is 28.5 Å². The number of nitrogens with two attached hydrogens (primary N) is 1. The molecule has 0 saturated heterocycles. The first kappa shape index (κ1) is 17.4. The minimum Gasteiger partial charge on any atom is -0.424 e. The topological polar surface area (TPSA) is 93.5 Å². The van der Waals surface area contributed by atoms with E-state index in [1.165, 1.54) is 0 Å². The average molecular weight is 302 g/mol. The van der Waals surface area contributed by atoms with Gasteiger partial charge in [-0.25, -0.2) is 0 Å². The van der Waals surface area contributed by atoms with Crippen LogP contribution in [-0.2, 0) is 0 Å². The van der Waals surface area contributed by atoms with Gasteiger partial charge in [0.1, 0.15) is 5.52 Å². The largest absolute Gasteiger partial charge is 0.424 e. The molecule has 0 spiro atoms. The number of nitrogen functional groups attached to an aromatic ring is 1. The van der Waals surface area contributed by atoms with Crippen LogP contribution in [0.1, 0.15) is 30.1 Å². The number of hydrogen-bond acceptors (Lipinski definition) is 5. The second-order valence-electron chi connectivity index (χ2n) is 4.46. The van der Waals surface area contributed by atoms with Crippen molar-refractivity contribution in [2.24, 2.45) is 4.99 Å². The van der Waals surface area contributed by atoms with Crippen molar-refractivity contribution >= 4 is 29.2 Å². The SMILES string of the molecule is C=C.CCC(CC=NC)NC(=O)c1cccc2oc(N)nc12. The predicted molar refractivity (Wildman–Crippen MR) is 90.3 cm³/mol. The zero-order valence-electron chi connectivity index (χ0n) is 13.0. The molecule has 0 radical (unpaired) electrons. The van der Waals surface area contributed by atoms with Crippen LogP contribution in [0.2, 0.25) is 0 Å². The van der Waals surface area contributed by atoms with Gasteiger partial charge < -0.3 is 20.5 Å². The highest BCUT2D eigenvalue weighted by Gasteiger charge is 2.16. The van der Waals surface area contributed by atoms with Crippen molar-refractivity contribution in [3.63, 3.8) is 0 Å². The summed E-state index contributed by atoms with van der Waals surface area (Å²) in [5.41, 5.74) is 6.99. The zero-order chi connectivity index (χ0) is 16.5. The maximum Gasteiger partial charge on any atom is 0.293 e. The lowest BCUT2D eigenvalue weighted by atomic mass is 10.1. The van der Waals surface area contributed by atoms with E-state index >= 15 is 0 Å². The van der Waals surface area contributed by atoms with Crippen LogP contribution in [-0.4, -0.2) is 30.2 Å². The van der Waals surface area contributed by atoms with Crippen LogP contribution in [0.5, 0.6) is 0 Å². The van der Waals surface area contributed by atoms with Crippen molar-refractivity contribution in [3.8, 4) is 0 Å². The third-order valence-corrected chi connectivity index (χ3v) is 3.08. The molecule has 118 valence electrons. The Morgan fingerprint density at radius 1 is 1.55 bits per heavy atom. The number of carbonyl (C=O) groups excluding carboxylic acids is 1. The van der Waals surface area contributed by atoms with Crippen molar-refractivity contribution in [2.45, 2.75) is 25.8 Å². The average Bonchev–Trinajstić information content (AvgIpc) is 2.93. The summed E-state index contributed by atoms with van der Waals surface area (Å²) in [4.78, 5) is 20.3. The number of nitrogens with zero attached hydrogens (tertiary/aromatic N) is 2. The number of rotatable bonds is 5. The lowest BCUT2D eigenvalue weighted by molar-refractivity contribution is 0.0939. The summed E-state index contributed by atoms with van der Waals surface area (Å²) in [6.45, 7) is 8.02. The molecule has 1 atom stereocenters. The first-order valence-corrected chi connectivity index (χ1v) is 7.02. The van der Waals surface area contributed by atoms with Gasteiger partial charge in [-0.2, -0.15) is 4.98 Å². The van der Waals surface area contributed by atoms with Gasteiger partial charge in [-0.1, -0.05) is 13.0 Å². The van der Waals surface area contributed by atoms with Gasteiger partial charge in [0.05, 0.1) is 5.56 Å². The second kappa shape index (κ2) is 8.61. The number of fused-ring (bicyclic) bond motifs is 1. The van der Waals surface area contributed by atoms with Crippen LogP contribution in [0.4, 0.5) is 6.01 Å². The van der Waals surface area contributed by atoms with Crippen molar-refractivity contribution in [2.75, 3.05) is 12.8 Å². The Morgan fingerprint density at radius 3 is 2.91 bits per heavy atom. The van der Waals surface area contributed by atoms with Crippen LogP contribution in [0.25, 0.3) is 11.1 Å². The molecule has 1 heterocycles. The quantitative estimate of drug-likeness (QED) is 0.656. The number of aliphatic imine (C=N–C) groups is 1. The summed E-state index contributed by atoms with van der Waals surface area (Å²) in [5, 5.41) is 2.97. The number of benzene rings is 1. The number of aromatic nitrogens is 1. The number of oxazole rings is 1. The molecular weight excluding hydrogens is 280 g/mol. The van der Waals surface area contributed by atoms with Gasteiger partial charge in [-0.3, -0.25) is 4.79 Å². The standard InChI is InChI=1S/C14H18N4O2.C2H4/c1-3-9(7-8-16-2)17-13(19)10-5-4-6-11-12(10)18-14(15)20-11;1-2/h4-6,8-9H,3,7H2,1-2H3,(H2,15,18)(H,17,19);1-2H2. The fourth-order valence-corrected chi connectivity index (χ4v) is 1.97. The van der Waals surface area contributed by atoms with Crippen molar-refractivity contribution < 1.29 is 9.21 Å². The molecular formula is C16H22N4O2. The van der Waals surface area contributed by atoms with Crippen molar-refractivity contribution in [1.82, 2.24) is 10.3 Å². The summed E-state index contributed by atoms with van der Waals surface area (Å²) in [6, 6.07) is 5.30. The molecule has 1 unspecified atom stereocenters. The van der Waals surface area contributed by atoms with Gasteiger partial charge in [0, 0.05) is 25.7 Å². The second-order valence-corrected chi connectivity index (χ2v) is 4.46. The summed E-state index contributed by atoms with van der Waals surface area (Å²) in [6.07, 6.45) is 3.33. The molecule has 0 aliphatic heterocycles. The van der Waals surface area contributed by atoms with Crippen molar-refractivity contribution in [1.29, 1.82) is 0 Å². The Kier molecular flexibility index (Phi) is 6.82. The lowest BCUT2D eigenvalue weighted by Crippen LogP contribution is -2.34. The number of anilines is 1.